The van der Waals surface area contributed by atoms with E-state index in [4.69, 9.17) is 4.74 Å². The summed E-state index contributed by atoms with van der Waals surface area (Å²) in [5.74, 6) is -1.93. The fraction of sp³-hybridized carbons (Fsp3) is 0.500. The molecule has 2 aromatic rings. The standard InChI is InChI=1S/C26H29F4N3O3/c1-14(2)21-9-16(6-7-31-21)25(35)33-11-15(3)8-22(33)24(34)32-23(17-12-36-13-17)19-5-4-18(10-20(19)27)26(28,29)30/h4-7,9-10,14-15,17,22-23H,8,11-13H2,1-3H3,(H,32,34)/t15-,22-,23-/m1/s1. The summed E-state index contributed by atoms with van der Waals surface area (Å²) in [5.41, 5.74) is 0.0534. The number of alkyl halides is 3. The number of nitrogens with zero attached hydrogens (tertiary/aromatic N) is 2. The predicted octanol–water partition coefficient (Wildman–Crippen LogP) is 4.72. The smallest absolute Gasteiger partial charge is 0.381 e. The summed E-state index contributed by atoms with van der Waals surface area (Å²) in [6.45, 7) is 6.73. The highest BCUT2D eigenvalue weighted by molar-refractivity contribution is 5.98. The second-order valence-corrected chi connectivity index (χ2v) is 9.96. The Morgan fingerprint density at radius 3 is 2.47 bits per heavy atom. The van der Waals surface area contributed by atoms with Gasteiger partial charge in [-0.05, 0) is 42.5 Å². The largest absolute Gasteiger partial charge is 0.416 e. The molecule has 0 bridgehead atoms. The number of benzene rings is 1. The number of likely N-dealkylation sites (tertiary alicyclic amines) is 1. The van der Waals surface area contributed by atoms with E-state index in [9.17, 15) is 27.2 Å². The third-order valence-electron chi connectivity index (χ3n) is 6.79. The molecule has 2 fully saturated rings. The zero-order chi connectivity index (χ0) is 26.2. The van der Waals surface area contributed by atoms with E-state index < -0.39 is 35.5 Å². The number of nitrogens with one attached hydrogen (secondary N) is 1. The van der Waals surface area contributed by atoms with Gasteiger partial charge in [0.05, 0.1) is 24.8 Å². The molecular formula is C26H29F4N3O3. The van der Waals surface area contributed by atoms with Gasteiger partial charge in [-0.25, -0.2) is 4.39 Å². The van der Waals surface area contributed by atoms with Crippen LogP contribution in [-0.4, -0.2) is 47.5 Å². The maximum Gasteiger partial charge on any atom is 0.416 e. The van der Waals surface area contributed by atoms with Crippen molar-refractivity contribution >= 4 is 11.8 Å². The number of pyridine rings is 1. The quantitative estimate of drug-likeness (QED) is 0.575. The van der Waals surface area contributed by atoms with Gasteiger partial charge in [0, 0.05) is 35.5 Å². The second kappa shape index (κ2) is 10.2. The van der Waals surface area contributed by atoms with Crippen molar-refractivity contribution < 1.29 is 31.9 Å². The Morgan fingerprint density at radius 1 is 1.17 bits per heavy atom. The zero-order valence-electron chi connectivity index (χ0n) is 20.3. The lowest BCUT2D eigenvalue weighted by Crippen LogP contribution is -2.50. The Labute approximate surface area is 207 Å². The van der Waals surface area contributed by atoms with Gasteiger partial charge in [-0.1, -0.05) is 26.8 Å². The van der Waals surface area contributed by atoms with E-state index in [0.29, 0.717) is 24.6 Å². The van der Waals surface area contributed by atoms with Crippen molar-refractivity contribution in [2.24, 2.45) is 11.8 Å². The molecule has 2 saturated heterocycles. The van der Waals surface area contributed by atoms with Crippen LogP contribution in [0.3, 0.4) is 0 Å². The number of hydrogen-bond acceptors (Lipinski definition) is 4. The topological polar surface area (TPSA) is 71.5 Å². The number of carbonyl (C=O) groups is 2. The SMILES string of the molecule is CC(C)c1cc(C(=O)N2C[C@H](C)C[C@@H]2C(=O)N[C@@H](c2ccc(C(F)(F)F)cc2F)C2COC2)ccn1. The van der Waals surface area contributed by atoms with Crippen molar-refractivity contribution in [3.63, 3.8) is 0 Å². The lowest BCUT2D eigenvalue weighted by atomic mass is 9.90. The number of aromatic nitrogens is 1. The molecular weight excluding hydrogens is 478 g/mol. The fourth-order valence-corrected chi connectivity index (χ4v) is 4.68. The minimum absolute atomic E-state index is 0.0377. The van der Waals surface area contributed by atoms with Crippen molar-refractivity contribution in [2.75, 3.05) is 19.8 Å². The molecule has 1 N–H and O–H groups in total. The molecule has 10 heteroatoms. The highest BCUT2D eigenvalue weighted by Crippen LogP contribution is 2.35. The number of hydrogen-bond donors (Lipinski definition) is 1. The molecule has 6 nitrogen and oxygen atoms in total. The van der Waals surface area contributed by atoms with Gasteiger partial charge in [0.15, 0.2) is 0 Å². The third-order valence-corrected chi connectivity index (χ3v) is 6.79. The molecule has 0 radical (unpaired) electrons. The van der Waals surface area contributed by atoms with Gasteiger partial charge in [0.1, 0.15) is 11.9 Å². The molecule has 0 saturated carbocycles. The second-order valence-electron chi connectivity index (χ2n) is 9.96. The van der Waals surface area contributed by atoms with Crippen LogP contribution in [0.25, 0.3) is 0 Å². The normalized spacial score (nSPS) is 21.4. The van der Waals surface area contributed by atoms with Gasteiger partial charge in [0.25, 0.3) is 5.91 Å². The van der Waals surface area contributed by atoms with E-state index >= 15 is 0 Å². The van der Waals surface area contributed by atoms with Crippen LogP contribution in [0.5, 0.6) is 0 Å². The summed E-state index contributed by atoms with van der Waals surface area (Å²) >= 11 is 0. The molecule has 194 valence electrons. The van der Waals surface area contributed by atoms with Gasteiger partial charge in [-0.3, -0.25) is 14.6 Å². The molecule has 2 amide bonds. The molecule has 0 spiro atoms. The van der Waals surface area contributed by atoms with E-state index in [1.54, 1.807) is 18.3 Å². The van der Waals surface area contributed by atoms with Gasteiger partial charge in [-0.2, -0.15) is 13.2 Å². The monoisotopic (exact) mass is 507 g/mol. The third kappa shape index (κ3) is 5.38. The number of carbonyl (C=O) groups excluding carboxylic acids is 2. The van der Waals surface area contributed by atoms with E-state index in [1.165, 1.54) is 4.90 Å². The summed E-state index contributed by atoms with van der Waals surface area (Å²) in [4.78, 5) is 32.6. The first-order chi connectivity index (χ1) is 17.0. The lowest BCUT2D eigenvalue weighted by Gasteiger charge is -2.36. The van der Waals surface area contributed by atoms with Crippen LogP contribution in [0.4, 0.5) is 17.6 Å². The maximum absolute atomic E-state index is 14.8. The van der Waals surface area contributed by atoms with Crippen LogP contribution in [0, 0.1) is 17.7 Å². The van der Waals surface area contributed by atoms with Crippen molar-refractivity contribution in [3.8, 4) is 0 Å². The summed E-state index contributed by atoms with van der Waals surface area (Å²) in [7, 11) is 0. The molecule has 1 aromatic heterocycles. The number of amides is 2. The molecule has 2 aliphatic heterocycles. The Bertz CT molecular complexity index is 1130. The molecule has 0 unspecified atom stereocenters. The van der Waals surface area contributed by atoms with E-state index in [-0.39, 0.29) is 42.4 Å². The molecule has 4 rings (SSSR count). The Kier molecular flexibility index (Phi) is 7.36. The summed E-state index contributed by atoms with van der Waals surface area (Å²) < 4.78 is 59.1. The Morgan fingerprint density at radius 2 is 1.89 bits per heavy atom. The van der Waals surface area contributed by atoms with Gasteiger partial charge in [0.2, 0.25) is 5.91 Å². The molecule has 36 heavy (non-hydrogen) atoms. The molecule has 1 aromatic carbocycles. The molecule has 0 aliphatic carbocycles. The average molecular weight is 508 g/mol. The first-order valence-electron chi connectivity index (χ1n) is 12.0. The highest BCUT2D eigenvalue weighted by atomic mass is 19.4. The van der Waals surface area contributed by atoms with Gasteiger partial charge >= 0.3 is 6.18 Å². The van der Waals surface area contributed by atoms with Crippen LogP contribution in [-0.2, 0) is 15.7 Å². The van der Waals surface area contributed by atoms with Crippen molar-refractivity contribution in [1.29, 1.82) is 0 Å². The Hall–Kier alpha value is -3.01. The van der Waals surface area contributed by atoms with E-state index in [1.807, 2.05) is 20.8 Å². The summed E-state index contributed by atoms with van der Waals surface area (Å²) in [6, 6.07) is 3.97. The first-order valence-corrected chi connectivity index (χ1v) is 12.0. The average Bonchev–Trinajstić information content (AvgIpc) is 3.18. The van der Waals surface area contributed by atoms with Crippen LogP contribution in [0.15, 0.2) is 36.5 Å². The van der Waals surface area contributed by atoms with Crippen LogP contribution in [0.1, 0.15) is 66.3 Å². The van der Waals surface area contributed by atoms with Crippen molar-refractivity contribution in [1.82, 2.24) is 15.2 Å². The molecule has 2 aliphatic rings. The van der Waals surface area contributed by atoms with E-state index in [2.05, 4.69) is 10.3 Å². The highest BCUT2D eigenvalue weighted by Gasteiger charge is 2.41. The van der Waals surface area contributed by atoms with Gasteiger partial charge < -0.3 is 15.0 Å². The first kappa shape index (κ1) is 26.1. The van der Waals surface area contributed by atoms with Crippen LogP contribution in [0.2, 0.25) is 0 Å². The van der Waals surface area contributed by atoms with Gasteiger partial charge in [-0.15, -0.1) is 0 Å². The minimum Gasteiger partial charge on any atom is -0.381 e. The van der Waals surface area contributed by atoms with Crippen molar-refractivity contribution in [2.45, 2.75) is 51.4 Å². The molecule has 3 atom stereocenters. The fourth-order valence-electron chi connectivity index (χ4n) is 4.68. The number of rotatable bonds is 6. The minimum atomic E-state index is -4.68. The van der Waals surface area contributed by atoms with E-state index in [0.717, 1.165) is 17.8 Å². The Balaban J connectivity index is 1.57. The predicted molar refractivity (Wildman–Crippen MR) is 124 cm³/mol. The zero-order valence-corrected chi connectivity index (χ0v) is 20.3. The summed E-state index contributed by atoms with van der Waals surface area (Å²) in [5, 5.41) is 2.82. The van der Waals surface area contributed by atoms with Crippen LogP contribution < -0.4 is 5.32 Å². The number of ether oxygens (including phenoxy) is 1. The lowest BCUT2D eigenvalue weighted by molar-refractivity contribution is -0.138. The van der Waals surface area contributed by atoms with Crippen LogP contribution >= 0.6 is 0 Å². The summed E-state index contributed by atoms with van der Waals surface area (Å²) in [6.07, 6.45) is -2.69. The molecule has 3 heterocycles. The van der Waals surface area contributed by atoms with Crippen molar-refractivity contribution in [3.05, 3.63) is 64.7 Å². The maximum atomic E-state index is 14.8. The number of halogens is 4.